The molecule has 0 N–H and O–H groups in total. The van der Waals surface area contributed by atoms with E-state index in [0.717, 1.165) is 28.6 Å². The van der Waals surface area contributed by atoms with Crippen LogP contribution in [0.25, 0.3) is 10.9 Å². The highest BCUT2D eigenvalue weighted by Gasteiger charge is 2.26. The Hall–Kier alpha value is -2.63. The maximum Gasteiger partial charge on any atom is 0.227 e. The van der Waals surface area contributed by atoms with E-state index in [9.17, 15) is 4.79 Å². The van der Waals surface area contributed by atoms with Crippen LogP contribution in [0.1, 0.15) is 17.2 Å². The first-order chi connectivity index (χ1) is 13.8. The summed E-state index contributed by atoms with van der Waals surface area (Å²) in [7, 11) is 1.71. The minimum Gasteiger partial charge on any atom is -0.383 e. The van der Waals surface area contributed by atoms with Gasteiger partial charge in [-0.15, -0.1) is 0 Å². The van der Waals surface area contributed by atoms with Crippen LogP contribution in [0.5, 0.6) is 0 Å². The van der Waals surface area contributed by atoms with Crippen LogP contribution in [0.15, 0.2) is 60.8 Å². The van der Waals surface area contributed by atoms with Gasteiger partial charge in [-0.1, -0.05) is 48.5 Å². The highest BCUT2D eigenvalue weighted by Crippen LogP contribution is 2.25. The van der Waals surface area contributed by atoms with Crippen LogP contribution in [-0.4, -0.2) is 48.8 Å². The van der Waals surface area contributed by atoms with Crippen LogP contribution in [0.4, 0.5) is 0 Å². The lowest BCUT2D eigenvalue weighted by atomic mass is 10.1. The van der Waals surface area contributed by atoms with Crippen LogP contribution >= 0.6 is 0 Å². The molecule has 1 saturated heterocycles. The van der Waals surface area contributed by atoms with E-state index in [1.54, 1.807) is 7.11 Å². The van der Waals surface area contributed by atoms with E-state index in [-0.39, 0.29) is 12.0 Å². The minimum absolute atomic E-state index is 0.0538. The van der Waals surface area contributed by atoms with E-state index in [2.05, 4.69) is 35.0 Å². The predicted molar refractivity (Wildman–Crippen MR) is 109 cm³/mol. The zero-order valence-electron chi connectivity index (χ0n) is 16.2. The topological polar surface area (TPSA) is 43.7 Å². The van der Waals surface area contributed by atoms with Crippen LogP contribution < -0.4 is 0 Å². The van der Waals surface area contributed by atoms with Crippen LogP contribution in [-0.2, 0) is 27.2 Å². The molecule has 0 radical (unpaired) electrons. The molecule has 2 heterocycles. The number of rotatable bonds is 6. The zero-order valence-corrected chi connectivity index (χ0v) is 16.2. The SMILES string of the molecule is COCCn1cc(CC(=O)N2CCOC(c3ccccc3)C2)c2ccccc21. The number of aromatic nitrogens is 1. The van der Waals surface area contributed by atoms with Gasteiger partial charge in [0, 0.05) is 37.3 Å². The molecule has 2 aromatic carbocycles. The number of hydrogen-bond donors (Lipinski definition) is 0. The van der Waals surface area contributed by atoms with Gasteiger partial charge in [0.25, 0.3) is 0 Å². The molecule has 146 valence electrons. The lowest BCUT2D eigenvalue weighted by molar-refractivity contribution is -0.138. The summed E-state index contributed by atoms with van der Waals surface area (Å²) in [6.45, 7) is 3.24. The molecule has 1 fully saturated rings. The Morgan fingerprint density at radius 2 is 1.93 bits per heavy atom. The molecule has 0 bridgehead atoms. The molecule has 0 saturated carbocycles. The highest BCUT2D eigenvalue weighted by molar-refractivity contribution is 5.89. The largest absolute Gasteiger partial charge is 0.383 e. The fourth-order valence-corrected chi connectivity index (χ4v) is 3.86. The normalized spacial score (nSPS) is 17.2. The Morgan fingerprint density at radius 1 is 1.14 bits per heavy atom. The van der Waals surface area contributed by atoms with Gasteiger partial charge in [-0.25, -0.2) is 0 Å². The van der Waals surface area contributed by atoms with Gasteiger partial charge in [-0.3, -0.25) is 4.79 Å². The highest BCUT2D eigenvalue weighted by atomic mass is 16.5. The number of nitrogens with zero attached hydrogens (tertiary/aromatic N) is 2. The van der Waals surface area contributed by atoms with Crippen LogP contribution in [0.3, 0.4) is 0 Å². The first kappa shape index (κ1) is 18.7. The Morgan fingerprint density at radius 3 is 2.75 bits per heavy atom. The fourth-order valence-electron chi connectivity index (χ4n) is 3.86. The van der Waals surface area contributed by atoms with Gasteiger partial charge in [0.2, 0.25) is 5.91 Å². The van der Waals surface area contributed by atoms with Crippen molar-refractivity contribution in [3.63, 3.8) is 0 Å². The molecule has 1 aliphatic rings. The number of benzene rings is 2. The van der Waals surface area contributed by atoms with Crippen LogP contribution in [0.2, 0.25) is 0 Å². The molecule has 1 aliphatic heterocycles. The number of hydrogen-bond acceptors (Lipinski definition) is 3. The summed E-state index contributed by atoms with van der Waals surface area (Å²) in [5, 5.41) is 1.14. The van der Waals surface area contributed by atoms with Gasteiger partial charge in [0.1, 0.15) is 6.10 Å². The van der Waals surface area contributed by atoms with Crippen molar-refractivity contribution in [3.8, 4) is 0 Å². The third-order valence-electron chi connectivity index (χ3n) is 5.34. The molecule has 3 aromatic rings. The third-order valence-corrected chi connectivity index (χ3v) is 5.34. The van der Waals surface area contributed by atoms with Gasteiger partial charge in [-0.2, -0.15) is 0 Å². The van der Waals surface area contributed by atoms with Gasteiger partial charge < -0.3 is 18.9 Å². The van der Waals surface area contributed by atoms with E-state index in [0.29, 0.717) is 32.7 Å². The summed E-state index contributed by atoms with van der Waals surface area (Å²) >= 11 is 0. The average Bonchev–Trinajstić information content (AvgIpc) is 3.10. The summed E-state index contributed by atoms with van der Waals surface area (Å²) in [6, 6.07) is 18.4. The van der Waals surface area contributed by atoms with E-state index < -0.39 is 0 Å². The van der Waals surface area contributed by atoms with E-state index in [4.69, 9.17) is 9.47 Å². The maximum atomic E-state index is 13.0. The minimum atomic E-state index is -0.0538. The maximum absolute atomic E-state index is 13.0. The summed E-state index contributed by atoms with van der Waals surface area (Å²) < 4.78 is 13.3. The quantitative estimate of drug-likeness (QED) is 0.660. The van der Waals surface area contributed by atoms with Crippen molar-refractivity contribution in [1.82, 2.24) is 9.47 Å². The second-order valence-corrected chi connectivity index (χ2v) is 7.14. The summed E-state index contributed by atoms with van der Waals surface area (Å²) in [5.41, 5.74) is 3.34. The van der Waals surface area contributed by atoms with E-state index in [1.165, 1.54) is 0 Å². The molecule has 5 heteroatoms. The van der Waals surface area contributed by atoms with Crippen molar-refractivity contribution in [2.75, 3.05) is 33.4 Å². The zero-order chi connectivity index (χ0) is 19.3. The first-order valence-corrected chi connectivity index (χ1v) is 9.76. The average molecular weight is 378 g/mol. The molecule has 1 aromatic heterocycles. The smallest absolute Gasteiger partial charge is 0.227 e. The van der Waals surface area contributed by atoms with Gasteiger partial charge in [0.05, 0.1) is 26.2 Å². The second kappa shape index (κ2) is 8.59. The van der Waals surface area contributed by atoms with Gasteiger partial charge in [-0.05, 0) is 17.2 Å². The Bertz CT molecular complexity index is 935. The Labute approximate surface area is 165 Å². The molecular formula is C23H26N2O3. The molecule has 4 rings (SSSR count). The molecule has 1 unspecified atom stereocenters. The molecule has 28 heavy (non-hydrogen) atoms. The molecule has 0 aliphatic carbocycles. The van der Waals surface area contributed by atoms with Crippen LogP contribution in [0, 0.1) is 0 Å². The molecule has 1 amide bonds. The Balaban J connectivity index is 1.50. The summed E-state index contributed by atoms with van der Waals surface area (Å²) in [5.74, 6) is 0.152. The van der Waals surface area contributed by atoms with Crippen molar-refractivity contribution < 1.29 is 14.3 Å². The Kier molecular flexibility index (Phi) is 5.74. The van der Waals surface area contributed by atoms with Crippen molar-refractivity contribution in [3.05, 3.63) is 71.9 Å². The first-order valence-electron chi connectivity index (χ1n) is 9.76. The van der Waals surface area contributed by atoms with E-state index >= 15 is 0 Å². The number of methoxy groups -OCH3 is 1. The number of carbonyl (C=O) groups excluding carboxylic acids is 1. The van der Waals surface area contributed by atoms with Gasteiger partial charge in [0.15, 0.2) is 0 Å². The fraction of sp³-hybridized carbons (Fsp3) is 0.348. The van der Waals surface area contributed by atoms with Gasteiger partial charge >= 0.3 is 0 Å². The van der Waals surface area contributed by atoms with Crippen molar-refractivity contribution >= 4 is 16.8 Å². The number of carbonyl (C=O) groups is 1. The lowest BCUT2D eigenvalue weighted by Crippen LogP contribution is -2.42. The monoisotopic (exact) mass is 378 g/mol. The number of morpholine rings is 1. The molecule has 0 spiro atoms. The van der Waals surface area contributed by atoms with E-state index in [1.807, 2.05) is 35.2 Å². The molecule has 1 atom stereocenters. The number of amides is 1. The van der Waals surface area contributed by atoms with Crippen molar-refractivity contribution in [1.29, 1.82) is 0 Å². The standard InChI is InChI=1S/C23H26N2O3/c1-27-13-11-24-16-19(20-9-5-6-10-21(20)24)15-23(26)25-12-14-28-22(17-25)18-7-3-2-4-8-18/h2-10,16,22H,11-15,17H2,1H3. The number of ether oxygens (including phenoxy) is 2. The summed E-state index contributed by atoms with van der Waals surface area (Å²) in [6.07, 6.45) is 2.44. The predicted octanol–water partition coefficient (Wildman–Crippen LogP) is 3.43. The second-order valence-electron chi connectivity index (χ2n) is 7.14. The molecular weight excluding hydrogens is 352 g/mol. The van der Waals surface area contributed by atoms with Crippen molar-refractivity contribution in [2.45, 2.75) is 19.1 Å². The van der Waals surface area contributed by atoms with Crippen molar-refractivity contribution in [2.24, 2.45) is 0 Å². The molecule has 5 nitrogen and oxygen atoms in total. The number of para-hydroxylation sites is 1. The summed E-state index contributed by atoms with van der Waals surface area (Å²) in [4.78, 5) is 15.0. The lowest BCUT2D eigenvalue weighted by Gasteiger charge is -2.33. The third kappa shape index (κ3) is 3.96. The number of fused-ring (bicyclic) bond motifs is 1.